The van der Waals surface area contributed by atoms with Gasteiger partial charge in [-0.2, -0.15) is 11.8 Å². The summed E-state index contributed by atoms with van der Waals surface area (Å²) in [6.45, 7) is 3.66. The van der Waals surface area contributed by atoms with Crippen LogP contribution in [-0.2, 0) is 0 Å². The molecule has 0 saturated carbocycles. The van der Waals surface area contributed by atoms with Crippen molar-refractivity contribution in [1.82, 2.24) is 4.98 Å². The van der Waals surface area contributed by atoms with E-state index in [-0.39, 0.29) is 0 Å². The summed E-state index contributed by atoms with van der Waals surface area (Å²) in [6.07, 6.45) is 4.42. The molecule has 6 heteroatoms. The van der Waals surface area contributed by atoms with Gasteiger partial charge in [0.15, 0.2) is 0 Å². The minimum Gasteiger partial charge on any atom is -0.369 e. The molecule has 102 valence electrons. The van der Waals surface area contributed by atoms with Crippen molar-refractivity contribution in [3.8, 4) is 0 Å². The summed E-state index contributed by atoms with van der Waals surface area (Å²) in [5.74, 6) is 2.56. The van der Waals surface area contributed by atoms with Crippen LogP contribution in [0.2, 0.25) is 10.0 Å². The first-order valence-corrected chi connectivity index (χ1v) is 8.16. The lowest BCUT2D eigenvalue weighted by molar-refractivity contribution is 0.840. The molecule has 2 N–H and O–H groups in total. The number of unbranched alkanes of at least 4 members (excludes halogenated alkanes) is 1. The van der Waals surface area contributed by atoms with E-state index in [0.29, 0.717) is 21.7 Å². The van der Waals surface area contributed by atoms with Crippen LogP contribution in [0.25, 0.3) is 0 Å². The summed E-state index contributed by atoms with van der Waals surface area (Å²) in [4.78, 5) is 4.39. The summed E-state index contributed by atoms with van der Waals surface area (Å²) >= 11 is 14.0. The van der Waals surface area contributed by atoms with E-state index in [1.165, 1.54) is 12.2 Å². The van der Waals surface area contributed by atoms with Gasteiger partial charge in [-0.1, -0.05) is 23.2 Å². The highest BCUT2D eigenvalue weighted by atomic mass is 35.5. The van der Waals surface area contributed by atoms with Crippen molar-refractivity contribution in [3.05, 3.63) is 16.1 Å². The Morgan fingerprint density at radius 3 is 2.44 bits per heavy atom. The second-order valence-corrected chi connectivity index (χ2v) is 5.61. The highest BCUT2D eigenvalue weighted by molar-refractivity contribution is 7.98. The molecule has 0 radical (unpaired) electrons. The van der Waals surface area contributed by atoms with Crippen LogP contribution in [0.15, 0.2) is 6.07 Å². The van der Waals surface area contributed by atoms with Gasteiger partial charge in [-0.25, -0.2) is 4.98 Å². The zero-order chi connectivity index (χ0) is 13.4. The Kier molecular flexibility index (Phi) is 7.63. The largest absolute Gasteiger partial charge is 0.369 e. The highest BCUT2D eigenvalue weighted by Crippen LogP contribution is 2.29. The SMILES string of the molecule is CCNc1nc(NCCCCSC)c(Cl)cc1Cl. The maximum absolute atomic E-state index is 6.10. The van der Waals surface area contributed by atoms with Gasteiger partial charge < -0.3 is 10.6 Å². The molecule has 1 aromatic rings. The normalized spacial score (nSPS) is 10.4. The number of nitrogens with one attached hydrogen (secondary N) is 2. The maximum atomic E-state index is 6.10. The van der Waals surface area contributed by atoms with Crippen LogP contribution in [0.1, 0.15) is 19.8 Å². The van der Waals surface area contributed by atoms with E-state index in [9.17, 15) is 0 Å². The van der Waals surface area contributed by atoms with Crippen LogP contribution in [0.4, 0.5) is 11.6 Å². The van der Waals surface area contributed by atoms with Crippen LogP contribution in [0.5, 0.6) is 0 Å². The summed E-state index contributed by atoms with van der Waals surface area (Å²) in [5.41, 5.74) is 0. The minimum atomic E-state index is 0.551. The van der Waals surface area contributed by atoms with Crippen molar-refractivity contribution in [1.29, 1.82) is 0 Å². The van der Waals surface area contributed by atoms with Gasteiger partial charge in [-0.3, -0.25) is 0 Å². The monoisotopic (exact) mass is 307 g/mol. The van der Waals surface area contributed by atoms with Crippen molar-refractivity contribution in [2.24, 2.45) is 0 Å². The smallest absolute Gasteiger partial charge is 0.147 e. The van der Waals surface area contributed by atoms with Crippen LogP contribution < -0.4 is 10.6 Å². The van der Waals surface area contributed by atoms with Gasteiger partial charge in [0.05, 0.1) is 10.0 Å². The molecule has 0 unspecified atom stereocenters. The van der Waals surface area contributed by atoms with Crippen molar-refractivity contribution in [3.63, 3.8) is 0 Å². The number of rotatable bonds is 8. The molecule has 3 nitrogen and oxygen atoms in total. The van der Waals surface area contributed by atoms with Crippen molar-refractivity contribution in [2.45, 2.75) is 19.8 Å². The summed E-state index contributed by atoms with van der Waals surface area (Å²) in [6, 6.07) is 1.72. The fourth-order valence-corrected chi connectivity index (χ4v) is 2.45. The molecule has 0 fully saturated rings. The highest BCUT2D eigenvalue weighted by Gasteiger charge is 2.08. The fourth-order valence-electron chi connectivity index (χ4n) is 1.46. The number of nitrogens with zero attached hydrogens (tertiary/aromatic N) is 1. The Morgan fingerprint density at radius 2 is 1.83 bits per heavy atom. The van der Waals surface area contributed by atoms with Gasteiger partial charge in [0.2, 0.25) is 0 Å². The van der Waals surface area contributed by atoms with E-state index in [0.717, 1.165) is 19.5 Å². The van der Waals surface area contributed by atoms with E-state index in [1.54, 1.807) is 6.07 Å². The second-order valence-electron chi connectivity index (χ2n) is 3.81. The molecule has 1 rings (SSSR count). The Bertz CT molecular complexity index is 375. The van der Waals surface area contributed by atoms with E-state index < -0.39 is 0 Å². The molecular weight excluding hydrogens is 289 g/mol. The third kappa shape index (κ3) is 5.12. The van der Waals surface area contributed by atoms with E-state index in [2.05, 4.69) is 21.9 Å². The van der Waals surface area contributed by atoms with E-state index >= 15 is 0 Å². The van der Waals surface area contributed by atoms with Crippen LogP contribution >= 0.6 is 35.0 Å². The van der Waals surface area contributed by atoms with Crippen molar-refractivity contribution >= 4 is 46.6 Å². The first kappa shape index (κ1) is 15.7. The maximum Gasteiger partial charge on any atom is 0.147 e. The summed E-state index contributed by atoms with van der Waals surface area (Å²) in [7, 11) is 0. The van der Waals surface area contributed by atoms with Gasteiger partial charge in [-0.05, 0) is 37.8 Å². The minimum absolute atomic E-state index is 0.551. The lowest BCUT2D eigenvalue weighted by Crippen LogP contribution is -2.07. The molecule has 1 aromatic heterocycles. The molecule has 0 saturated heterocycles. The van der Waals surface area contributed by atoms with Gasteiger partial charge in [0.25, 0.3) is 0 Å². The summed E-state index contributed by atoms with van der Waals surface area (Å²) in [5, 5.41) is 7.47. The molecule has 0 atom stereocenters. The number of hydrogen-bond acceptors (Lipinski definition) is 4. The zero-order valence-electron chi connectivity index (χ0n) is 10.7. The number of thioether (sulfide) groups is 1. The lowest BCUT2D eigenvalue weighted by Gasteiger charge is -2.11. The molecule has 0 aromatic carbocycles. The molecule has 0 aliphatic carbocycles. The van der Waals surface area contributed by atoms with E-state index in [4.69, 9.17) is 23.2 Å². The first-order valence-electron chi connectivity index (χ1n) is 6.01. The van der Waals surface area contributed by atoms with Gasteiger partial charge >= 0.3 is 0 Å². The average Bonchev–Trinajstić information content (AvgIpc) is 2.34. The Labute approximate surface area is 123 Å². The Morgan fingerprint density at radius 1 is 1.17 bits per heavy atom. The number of pyridine rings is 1. The predicted molar refractivity (Wildman–Crippen MR) is 84.5 cm³/mol. The van der Waals surface area contributed by atoms with Crippen molar-refractivity contribution < 1.29 is 0 Å². The molecule has 0 aliphatic rings. The number of anilines is 2. The number of aromatic nitrogens is 1. The van der Waals surface area contributed by atoms with Crippen LogP contribution in [-0.4, -0.2) is 30.1 Å². The Hall–Kier alpha value is -0.320. The summed E-state index contributed by atoms with van der Waals surface area (Å²) < 4.78 is 0. The molecule has 1 heterocycles. The second kappa shape index (κ2) is 8.73. The van der Waals surface area contributed by atoms with Gasteiger partial charge in [0.1, 0.15) is 11.6 Å². The Balaban J connectivity index is 2.56. The topological polar surface area (TPSA) is 37.0 Å². The molecule has 0 aliphatic heterocycles. The van der Waals surface area contributed by atoms with Gasteiger partial charge in [-0.15, -0.1) is 0 Å². The number of halogens is 2. The standard InChI is InChI=1S/C12H19Cl2N3S/c1-3-15-11-9(13)8-10(14)12(17-11)16-6-4-5-7-18-2/h8H,3-7H2,1-2H3,(H2,15,16,17). The van der Waals surface area contributed by atoms with Crippen molar-refractivity contribution in [2.75, 3.05) is 35.7 Å². The molecule has 0 spiro atoms. The molecule has 0 bridgehead atoms. The van der Waals surface area contributed by atoms with Crippen LogP contribution in [0, 0.1) is 0 Å². The zero-order valence-corrected chi connectivity index (χ0v) is 13.1. The average molecular weight is 308 g/mol. The third-order valence-electron chi connectivity index (χ3n) is 2.34. The lowest BCUT2D eigenvalue weighted by atomic mass is 10.3. The number of hydrogen-bond donors (Lipinski definition) is 2. The molecule has 18 heavy (non-hydrogen) atoms. The van der Waals surface area contributed by atoms with Gasteiger partial charge in [0, 0.05) is 13.1 Å². The molecule has 0 amide bonds. The predicted octanol–water partition coefficient (Wildman–Crippen LogP) is 4.38. The quantitative estimate of drug-likeness (QED) is 0.699. The fraction of sp³-hybridized carbons (Fsp3) is 0.583. The molecular formula is C12H19Cl2N3S. The van der Waals surface area contributed by atoms with Crippen LogP contribution in [0.3, 0.4) is 0 Å². The van der Waals surface area contributed by atoms with E-state index in [1.807, 2.05) is 18.7 Å². The third-order valence-corrected chi connectivity index (χ3v) is 3.61. The first-order chi connectivity index (χ1) is 8.69.